The molecular formula is C49H77N13O14S2. The zero-order valence-corrected chi connectivity index (χ0v) is 46.3. The predicted octanol–water partition coefficient (Wildman–Crippen LogP) is -0.691. The summed E-state index contributed by atoms with van der Waals surface area (Å²) in [6.07, 6.45) is 1.23. The Kier molecular flexibility index (Phi) is 28.4. The molecule has 0 spiro atoms. The zero-order valence-electron chi connectivity index (χ0n) is 44.6. The van der Waals surface area contributed by atoms with Gasteiger partial charge in [-0.25, -0.2) is 4.68 Å². The lowest BCUT2D eigenvalue weighted by molar-refractivity contribution is -0.142. The van der Waals surface area contributed by atoms with E-state index >= 15 is 0 Å². The number of nitrogens with one attached hydrogen (secondary N) is 6. The number of unbranched alkanes of at least 4 members (excludes halogenated alkanes) is 1. The maximum atomic E-state index is 14.4. The molecule has 0 radical (unpaired) electrons. The van der Waals surface area contributed by atoms with Crippen molar-refractivity contribution in [1.82, 2.24) is 46.9 Å². The zero-order chi connectivity index (χ0) is 58.1. The predicted molar refractivity (Wildman–Crippen MR) is 287 cm³/mol. The molecule has 2 unspecified atom stereocenters. The van der Waals surface area contributed by atoms with Crippen LogP contribution in [0.25, 0.3) is 0 Å². The number of fused-ring (bicyclic) bond motifs is 1. The van der Waals surface area contributed by atoms with Crippen LogP contribution in [0.3, 0.4) is 0 Å². The minimum absolute atomic E-state index is 0.000260. The summed E-state index contributed by atoms with van der Waals surface area (Å²) in [5.74, 6) is -14.8. The number of nitrogens with two attached hydrogens (primary N) is 3. The Morgan fingerprint density at radius 1 is 0.821 bits per heavy atom. The highest BCUT2D eigenvalue weighted by molar-refractivity contribution is 8.77. The number of amides is 6. The number of carbonyl (C=O) groups is 12. The fraction of sp³-hybridized carbons (Fsp3) is 0.694. The number of hydrogen-bond donors (Lipinski definition) is 11. The maximum absolute atomic E-state index is 14.4. The second-order valence-corrected chi connectivity index (χ2v) is 22.3. The van der Waals surface area contributed by atoms with E-state index in [1.54, 1.807) is 10.9 Å². The Labute approximate surface area is 460 Å². The summed E-state index contributed by atoms with van der Waals surface area (Å²) in [5, 5.41) is 42.0. The first kappa shape index (κ1) is 65.8. The molecule has 1 saturated carbocycles. The molecule has 1 aliphatic heterocycles. The highest BCUT2D eigenvalue weighted by atomic mass is 33.1. The average Bonchev–Trinajstić information content (AvgIpc) is 4.08. The van der Waals surface area contributed by atoms with Crippen LogP contribution in [0.2, 0.25) is 0 Å². The fourth-order valence-electron chi connectivity index (χ4n) is 8.87. The van der Waals surface area contributed by atoms with Crippen molar-refractivity contribution in [3.8, 4) is 0 Å². The van der Waals surface area contributed by atoms with Crippen LogP contribution >= 0.6 is 21.6 Å². The summed E-state index contributed by atoms with van der Waals surface area (Å²) >= 11 is 0. The molecule has 1 saturated heterocycles. The lowest BCUT2D eigenvalue weighted by Crippen LogP contribution is -2.56. The number of aliphatic imine (C=N–C) groups is 1. The summed E-state index contributed by atoms with van der Waals surface area (Å²) in [7, 11) is 1.89. The third-order valence-electron chi connectivity index (χ3n) is 13.2. The molecule has 434 valence electrons. The first-order chi connectivity index (χ1) is 36.9. The van der Waals surface area contributed by atoms with Gasteiger partial charge in [-0.2, -0.15) is 0 Å². The number of aliphatic carboxylic acids is 2. The molecular weight excluding hydrogens is 1060 g/mol. The number of guanidine groups is 1. The van der Waals surface area contributed by atoms with E-state index in [0.29, 0.717) is 37.8 Å². The van der Waals surface area contributed by atoms with Crippen LogP contribution < -0.4 is 49.1 Å². The minimum Gasteiger partial charge on any atom is -0.481 e. The second-order valence-electron chi connectivity index (χ2n) is 19.7. The van der Waals surface area contributed by atoms with Gasteiger partial charge in [0.1, 0.15) is 35.5 Å². The number of Topliss-reactive ketones (excluding diaryl/α,β-unsaturated/α-hetero) is 4. The summed E-state index contributed by atoms with van der Waals surface area (Å²) in [6, 6.07) is -5.98. The molecule has 2 heterocycles. The Morgan fingerprint density at radius 2 is 1.47 bits per heavy atom. The monoisotopic (exact) mass is 1140 g/mol. The van der Waals surface area contributed by atoms with Gasteiger partial charge in [-0.1, -0.05) is 46.6 Å². The highest BCUT2D eigenvalue weighted by Gasteiger charge is 2.40. The summed E-state index contributed by atoms with van der Waals surface area (Å²) in [6.45, 7) is 5.89. The molecule has 1 aromatic heterocycles. The molecule has 29 heteroatoms. The van der Waals surface area contributed by atoms with E-state index < -0.39 is 149 Å². The lowest BCUT2D eigenvalue weighted by atomic mass is 9.82. The Hall–Kier alpha value is -6.49. The van der Waals surface area contributed by atoms with E-state index in [1.807, 2.05) is 20.8 Å². The first-order valence-electron chi connectivity index (χ1n) is 26.2. The van der Waals surface area contributed by atoms with Gasteiger partial charge in [0.25, 0.3) is 0 Å². The number of hydrogen-bond acceptors (Lipinski definition) is 18. The normalized spacial score (nSPS) is 24.6. The molecule has 1 aliphatic carbocycles. The molecule has 14 N–H and O–H groups in total. The Bertz CT molecular complexity index is 2330. The largest absolute Gasteiger partial charge is 0.481 e. The van der Waals surface area contributed by atoms with Gasteiger partial charge in [0.2, 0.25) is 35.4 Å². The molecule has 78 heavy (non-hydrogen) atoms. The number of carboxylic acids is 2. The van der Waals surface area contributed by atoms with Gasteiger partial charge in [-0.15, -0.1) is 5.10 Å². The SMILES string of the molecule is CCCC(C(=O)N[C@H]1CSS[C@@H](C(C)=O)CNC(=O)[C@H](CC(=O)O)CC(=O)[C@@H]2CCCC2C(=O)CCC(=O)[C@H](CCCCN)NC(=O)[C@H](CC(=O)O)NC(=O)CNC(=O)[C@H](CCCN=C(N)N)NC1=O)c1cn(C(C)C)nn1. The van der Waals surface area contributed by atoms with Crippen LogP contribution in [0.4, 0.5) is 0 Å². The van der Waals surface area contributed by atoms with Crippen molar-refractivity contribution in [2.75, 3.05) is 31.9 Å². The van der Waals surface area contributed by atoms with Crippen molar-refractivity contribution in [1.29, 1.82) is 0 Å². The summed E-state index contributed by atoms with van der Waals surface area (Å²) in [5.41, 5.74) is 17.0. The molecule has 3 rings (SSSR count). The van der Waals surface area contributed by atoms with Crippen LogP contribution in [0.15, 0.2) is 11.2 Å². The van der Waals surface area contributed by atoms with E-state index in [9.17, 15) is 67.7 Å². The van der Waals surface area contributed by atoms with Gasteiger partial charge in [0.05, 0.1) is 48.2 Å². The van der Waals surface area contributed by atoms with Gasteiger partial charge < -0.3 is 59.3 Å². The summed E-state index contributed by atoms with van der Waals surface area (Å²) < 4.78 is 1.56. The number of carbonyl (C=O) groups excluding carboxylic acids is 10. The first-order valence-corrected chi connectivity index (χ1v) is 28.6. The molecule has 0 aromatic carbocycles. The molecule has 0 bridgehead atoms. The maximum Gasteiger partial charge on any atom is 0.305 e. The van der Waals surface area contributed by atoms with E-state index in [2.05, 4.69) is 47.2 Å². The van der Waals surface area contributed by atoms with Crippen molar-refractivity contribution in [3.63, 3.8) is 0 Å². The molecule has 2 aliphatic rings. The van der Waals surface area contributed by atoms with Crippen molar-refractivity contribution in [3.05, 3.63) is 11.9 Å². The fourth-order valence-corrected chi connectivity index (χ4v) is 11.5. The highest BCUT2D eigenvalue weighted by Crippen LogP contribution is 2.36. The number of rotatable bonds is 19. The van der Waals surface area contributed by atoms with Crippen LogP contribution in [0, 0.1) is 17.8 Å². The number of ketones is 4. The van der Waals surface area contributed by atoms with E-state index in [-0.39, 0.29) is 82.3 Å². The Morgan fingerprint density at radius 3 is 2.09 bits per heavy atom. The topological polar surface area (TPSA) is 439 Å². The van der Waals surface area contributed by atoms with E-state index in [1.165, 1.54) is 6.92 Å². The third-order valence-corrected chi connectivity index (χ3v) is 16.0. The van der Waals surface area contributed by atoms with Crippen LogP contribution in [-0.2, 0) is 57.5 Å². The molecule has 1 aromatic rings. The van der Waals surface area contributed by atoms with Crippen LogP contribution in [0.1, 0.15) is 142 Å². The molecule has 6 amide bonds. The van der Waals surface area contributed by atoms with E-state index in [4.69, 9.17) is 17.2 Å². The van der Waals surface area contributed by atoms with Crippen molar-refractivity contribution in [2.24, 2.45) is 39.9 Å². The number of carboxylic acid groups (broad SMARTS) is 2. The van der Waals surface area contributed by atoms with Crippen molar-refractivity contribution < 1.29 is 67.7 Å². The lowest BCUT2D eigenvalue weighted by Gasteiger charge is -2.25. The van der Waals surface area contributed by atoms with Crippen molar-refractivity contribution in [2.45, 2.75) is 165 Å². The summed E-state index contributed by atoms with van der Waals surface area (Å²) in [4.78, 5) is 166. The van der Waals surface area contributed by atoms with Crippen LogP contribution in [-0.4, -0.2) is 163 Å². The van der Waals surface area contributed by atoms with Crippen molar-refractivity contribution >= 4 is 98.1 Å². The molecule has 27 nitrogen and oxygen atoms in total. The van der Waals surface area contributed by atoms with E-state index in [0.717, 1.165) is 21.6 Å². The average molecular weight is 1140 g/mol. The quantitative estimate of drug-likeness (QED) is 0.0353. The number of aromatic nitrogens is 3. The smallest absolute Gasteiger partial charge is 0.305 e. The molecule has 9 atom stereocenters. The van der Waals surface area contributed by atoms with Gasteiger partial charge in [-0.3, -0.25) is 62.5 Å². The third kappa shape index (κ3) is 22.5. The Balaban J connectivity index is 2.08. The van der Waals surface area contributed by atoms with Gasteiger partial charge in [0, 0.05) is 62.2 Å². The second kappa shape index (κ2) is 33.7. The molecule has 2 fully saturated rings. The van der Waals surface area contributed by atoms with Gasteiger partial charge in [0.15, 0.2) is 11.7 Å². The van der Waals surface area contributed by atoms with Gasteiger partial charge >= 0.3 is 11.9 Å². The minimum atomic E-state index is -1.77. The van der Waals surface area contributed by atoms with Crippen LogP contribution in [0.5, 0.6) is 0 Å². The van der Waals surface area contributed by atoms with Gasteiger partial charge in [-0.05, 0) is 78.7 Å². The standard InChI is InChI=1S/C49H77N13O14S2/c1-5-10-31(35-24-62(26(2)3)61-60-35)45(73)59-36-25-77-78-40(27(4)63)22-54-44(72)28(20-42(68)69)19-39(66)30-12-8-11-29(30)37(64)15-16-38(65)32(13-6-7-17-50)57-47(75)34(21-43(70)71)56-41(67)23-55-46(74)33(58-48(36)76)14-9-18-53-49(51)52/h24,26,28-34,36,40H,5-23,25,50H2,1-4H3,(H,54,72)(H,55,74)(H,56,67)(H,57,75)(H,58,76)(H,59,73)(H,68,69)(H,70,71)(H4,51,52,53)/t28-,29?,30+,31?,32-,33-,34-,36-,40+/m0/s1. The number of nitrogens with zero attached hydrogens (tertiary/aromatic N) is 4.